The van der Waals surface area contributed by atoms with Crippen molar-refractivity contribution in [2.24, 2.45) is 21.4 Å². The van der Waals surface area contributed by atoms with Gasteiger partial charge in [-0.2, -0.15) is 28.5 Å². The molecule has 12 heteroatoms. The molecular weight excluding hydrogens is 509 g/mol. The predicted octanol–water partition coefficient (Wildman–Crippen LogP) is 6.27. The molecule has 1 N–H and O–H groups in total. The lowest BCUT2D eigenvalue weighted by atomic mass is 9.83. The monoisotopic (exact) mass is 546 g/mol. The average Bonchev–Trinajstić information content (AvgIpc) is 3.58. The van der Waals surface area contributed by atoms with Gasteiger partial charge in [0.05, 0.1) is 42.7 Å². The highest BCUT2D eigenvalue weighted by Crippen LogP contribution is 2.48. The van der Waals surface area contributed by atoms with Gasteiger partial charge in [-0.1, -0.05) is 61.5 Å². The number of carbonyl (C=O) groups excluding carboxylic acids is 1. The highest BCUT2D eigenvalue weighted by molar-refractivity contribution is 6.09. The summed E-state index contributed by atoms with van der Waals surface area (Å²) in [5.74, 6) is 1.17. The van der Waals surface area contributed by atoms with Gasteiger partial charge in [-0.25, -0.2) is 15.0 Å². The Morgan fingerprint density at radius 2 is 1.82 bits per heavy atom. The van der Waals surface area contributed by atoms with Gasteiger partial charge in [0.25, 0.3) is 0 Å². The molecule has 0 radical (unpaired) electrons. The van der Waals surface area contributed by atoms with Crippen LogP contribution >= 0.6 is 0 Å². The van der Waals surface area contributed by atoms with Crippen molar-refractivity contribution < 1.29 is 18.0 Å². The Bertz CT molecular complexity index is 1230. The van der Waals surface area contributed by atoms with E-state index in [1.165, 1.54) is 36.4 Å². The van der Waals surface area contributed by atoms with Gasteiger partial charge in [0, 0.05) is 5.57 Å². The lowest BCUT2D eigenvalue weighted by Crippen LogP contribution is -2.31. The second-order valence-corrected chi connectivity index (χ2v) is 9.50. The van der Waals surface area contributed by atoms with E-state index in [0.29, 0.717) is 5.92 Å². The van der Waals surface area contributed by atoms with E-state index in [4.69, 9.17) is 0 Å². The summed E-state index contributed by atoms with van der Waals surface area (Å²) in [6.45, 7) is 19.8. The number of halogens is 3. The molecule has 212 valence electrons. The van der Waals surface area contributed by atoms with Crippen LogP contribution in [0, 0.1) is 11.3 Å². The Morgan fingerprint density at radius 3 is 2.38 bits per heavy atom. The molecule has 4 heterocycles. The first-order valence-corrected chi connectivity index (χ1v) is 12.9. The molecule has 0 spiro atoms. The van der Waals surface area contributed by atoms with Crippen LogP contribution in [0.1, 0.15) is 66.9 Å². The number of aromatic nitrogens is 4. The summed E-state index contributed by atoms with van der Waals surface area (Å²) in [7, 11) is 0. The quantitative estimate of drug-likeness (QED) is 0.458. The number of hydrogen-bond donors (Lipinski definition) is 1. The van der Waals surface area contributed by atoms with Crippen LogP contribution in [0.5, 0.6) is 0 Å². The first-order chi connectivity index (χ1) is 18.4. The van der Waals surface area contributed by atoms with E-state index in [1.54, 1.807) is 0 Å². The smallest absolute Gasteiger partial charge is 0.327 e. The Labute approximate surface area is 227 Å². The van der Waals surface area contributed by atoms with Gasteiger partial charge in [-0.05, 0) is 29.4 Å². The maximum Gasteiger partial charge on any atom is 0.420 e. The van der Waals surface area contributed by atoms with E-state index >= 15 is 0 Å². The summed E-state index contributed by atoms with van der Waals surface area (Å²) in [4.78, 5) is 19.1. The largest absolute Gasteiger partial charge is 0.420 e. The Kier molecular flexibility index (Phi) is 10.7. The number of rotatable bonds is 3. The standard InChI is InChI=1S/C13H17N3.C9H6F3N5O.C3H8.C2H6/c1-8-5-13(3,4)11-10(8)6-14-16-7-9(2)15-12(11)16;10-9(11,12)7-3-6(14-5-18)4-13-8(7)17-15-1-2-16-17;1-3-2;1-2/h6,8H,2,5,7H2,1,3-4H3;1-5H,(H,14,18);3H2,1-2H3;1-2H3. The summed E-state index contributed by atoms with van der Waals surface area (Å²) >= 11 is 0. The van der Waals surface area contributed by atoms with Gasteiger partial charge < -0.3 is 5.32 Å². The number of amides is 1. The molecule has 9 nitrogen and oxygen atoms in total. The molecule has 0 saturated heterocycles. The van der Waals surface area contributed by atoms with Gasteiger partial charge >= 0.3 is 6.18 Å². The molecule has 3 aliphatic rings. The molecule has 1 aliphatic carbocycles. The summed E-state index contributed by atoms with van der Waals surface area (Å²) in [6.07, 6.45) is 3.65. The third kappa shape index (κ3) is 7.39. The number of nitrogens with zero attached hydrogens (tertiary/aromatic N) is 7. The zero-order chi connectivity index (χ0) is 29.4. The Hall–Kier alpha value is -3.83. The van der Waals surface area contributed by atoms with E-state index in [1.807, 2.05) is 25.1 Å². The van der Waals surface area contributed by atoms with E-state index < -0.39 is 17.6 Å². The molecule has 0 bridgehead atoms. The second-order valence-electron chi connectivity index (χ2n) is 9.50. The fourth-order valence-corrected chi connectivity index (χ4v) is 4.44. The first kappa shape index (κ1) is 31.4. The summed E-state index contributed by atoms with van der Waals surface area (Å²) in [5, 5.41) is 15.7. The van der Waals surface area contributed by atoms with Crippen LogP contribution in [-0.4, -0.2) is 50.0 Å². The van der Waals surface area contributed by atoms with Crippen LogP contribution in [0.15, 0.2) is 58.2 Å². The van der Waals surface area contributed by atoms with Gasteiger partial charge in [0.1, 0.15) is 5.56 Å². The minimum absolute atomic E-state index is 0.0618. The topological polar surface area (TPSA) is 101 Å². The third-order valence-electron chi connectivity index (χ3n) is 5.72. The maximum atomic E-state index is 12.8. The number of anilines is 1. The molecule has 0 fully saturated rings. The van der Waals surface area contributed by atoms with Crippen molar-refractivity contribution in [2.45, 2.75) is 67.5 Å². The van der Waals surface area contributed by atoms with Gasteiger partial charge in [0.2, 0.25) is 6.41 Å². The number of pyridine rings is 1. The van der Waals surface area contributed by atoms with Crippen molar-refractivity contribution >= 4 is 24.1 Å². The summed E-state index contributed by atoms with van der Waals surface area (Å²) in [6, 6.07) is 0.764. The highest BCUT2D eigenvalue weighted by atomic mass is 19.4. The minimum Gasteiger partial charge on any atom is -0.327 e. The van der Waals surface area contributed by atoms with Crippen molar-refractivity contribution in [1.29, 1.82) is 0 Å². The number of hydrazone groups is 1. The lowest BCUT2D eigenvalue weighted by molar-refractivity contribution is -0.137. The van der Waals surface area contributed by atoms with Crippen LogP contribution in [0.3, 0.4) is 0 Å². The number of carbonyl (C=O) groups is 1. The van der Waals surface area contributed by atoms with E-state index in [2.05, 4.69) is 71.8 Å². The molecule has 1 atom stereocenters. The molecular formula is C27H37F3N8O. The van der Waals surface area contributed by atoms with Crippen molar-refractivity contribution in [3.8, 4) is 5.82 Å². The van der Waals surface area contributed by atoms with Crippen LogP contribution in [0.4, 0.5) is 18.9 Å². The molecule has 1 unspecified atom stereocenters. The van der Waals surface area contributed by atoms with Crippen LogP contribution < -0.4 is 5.32 Å². The normalized spacial score (nSPS) is 18.4. The maximum absolute atomic E-state index is 12.8. The zero-order valence-corrected chi connectivity index (χ0v) is 23.5. The minimum atomic E-state index is -4.63. The van der Waals surface area contributed by atoms with Crippen molar-refractivity contribution in [3.63, 3.8) is 0 Å². The number of allylic oxidation sites excluding steroid dienone is 1. The van der Waals surface area contributed by atoms with Crippen LogP contribution in [0.25, 0.3) is 5.82 Å². The van der Waals surface area contributed by atoms with Crippen LogP contribution in [-0.2, 0) is 11.0 Å². The lowest BCUT2D eigenvalue weighted by Gasteiger charge is -2.27. The summed E-state index contributed by atoms with van der Waals surface area (Å²) in [5.41, 5.74) is 2.78. The first-order valence-electron chi connectivity index (χ1n) is 12.9. The van der Waals surface area contributed by atoms with Gasteiger partial charge in [-0.15, -0.1) is 4.80 Å². The molecule has 2 aromatic heterocycles. The SMILES string of the molecule is C=C1CN2N=CC3=C(C2=N1)C(C)(C)CC3C.CC.CCC.O=CNc1cnc(-n2nccn2)c(C(F)(F)F)c1. The molecule has 39 heavy (non-hydrogen) atoms. The number of amidine groups is 1. The highest BCUT2D eigenvalue weighted by Gasteiger charge is 2.43. The zero-order valence-electron chi connectivity index (χ0n) is 23.5. The Balaban J connectivity index is 0.000000236. The number of hydrogen-bond acceptors (Lipinski definition) is 7. The van der Waals surface area contributed by atoms with Gasteiger partial charge in [-0.3, -0.25) is 4.79 Å². The number of nitrogens with one attached hydrogen (secondary N) is 1. The Morgan fingerprint density at radius 1 is 1.21 bits per heavy atom. The molecule has 2 aliphatic heterocycles. The fourth-order valence-electron chi connectivity index (χ4n) is 4.44. The summed E-state index contributed by atoms with van der Waals surface area (Å²) < 4.78 is 38.5. The molecule has 1 amide bonds. The number of fused-ring (bicyclic) bond motifs is 2. The average molecular weight is 547 g/mol. The van der Waals surface area contributed by atoms with Gasteiger partial charge in [0.15, 0.2) is 11.7 Å². The fraction of sp³-hybridized carbons (Fsp3) is 0.481. The van der Waals surface area contributed by atoms with Crippen molar-refractivity contribution in [3.05, 3.63) is 53.6 Å². The molecule has 2 aromatic rings. The third-order valence-corrected chi connectivity index (χ3v) is 5.72. The predicted molar refractivity (Wildman–Crippen MR) is 148 cm³/mol. The van der Waals surface area contributed by atoms with E-state index in [-0.39, 0.29) is 17.5 Å². The number of alkyl halides is 3. The van der Waals surface area contributed by atoms with Crippen molar-refractivity contribution in [2.75, 3.05) is 11.9 Å². The molecule has 0 aromatic carbocycles. The van der Waals surface area contributed by atoms with Crippen LogP contribution in [0.2, 0.25) is 0 Å². The van der Waals surface area contributed by atoms with Crippen molar-refractivity contribution in [1.82, 2.24) is 25.0 Å². The second kappa shape index (κ2) is 13.3. The van der Waals surface area contributed by atoms with E-state index in [0.717, 1.165) is 35.1 Å². The number of aliphatic imine (C=N–C) groups is 1. The van der Waals surface area contributed by atoms with E-state index in [9.17, 15) is 18.0 Å². The molecule has 0 saturated carbocycles. The molecule has 5 rings (SSSR count).